The van der Waals surface area contributed by atoms with Gasteiger partial charge in [-0.3, -0.25) is 0 Å². The Hall–Kier alpha value is -0.730. The summed E-state index contributed by atoms with van der Waals surface area (Å²) in [5, 5.41) is 5.85. The topological polar surface area (TPSA) is 41.1 Å². The van der Waals surface area contributed by atoms with Gasteiger partial charge in [-0.25, -0.2) is 4.79 Å². The van der Waals surface area contributed by atoms with E-state index in [4.69, 9.17) is 0 Å². The van der Waals surface area contributed by atoms with Crippen LogP contribution in [0, 0.1) is 5.41 Å². The molecule has 0 heterocycles. The molecule has 3 heteroatoms. The monoisotopic (exact) mass is 184 g/mol. The molecule has 76 valence electrons. The van der Waals surface area contributed by atoms with Gasteiger partial charge in [-0.1, -0.05) is 20.8 Å². The third-order valence-electron chi connectivity index (χ3n) is 2.56. The molecule has 1 rings (SSSR count). The molecule has 1 unspecified atom stereocenters. The number of hydrogen-bond donors (Lipinski definition) is 2. The molecule has 0 aliphatic heterocycles. The van der Waals surface area contributed by atoms with Crippen molar-refractivity contribution in [1.82, 2.24) is 10.6 Å². The van der Waals surface area contributed by atoms with Gasteiger partial charge in [-0.15, -0.1) is 0 Å². The zero-order chi connectivity index (χ0) is 10.1. The molecule has 1 atom stereocenters. The number of nitrogens with one attached hydrogen (secondary N) is 2. The van der Waals surface area contributed by atoms with Gasteiger partial charge in [-0.05, 0) is 25.2 Å². The molecule has 0 radical (unpaired) electrons. The van der Waals surface area contributed by atoms with E-state index in [1.165, 1.54) is 0 Å². The third-order valence-corrected chi connectivity index (χ3v) is 2.56. The largest absolute Gasteiger partial charge is 0.335 e. The summed E-state index contributed by atoms with van der Waals surface area (Å²) in [6.45, 7) is 8.39. The minimum absolute atomic E-state index is 0.0232. The van der Waals surface area contributed by atoms with Crippen LogP contribution in [-0.4, -0.2) is 18.1 Å². The highest BCUT2D eigenvalue weighted by Gasteiger charge is 2.26. The van der Waals surface area contributed by atoms with E-state index < -0.39 is 0 Å². The van der Waals surface area contributed by atoms with E-state index in [-0.39, 0.29) is 17.5 Å². The van der Waals surface area contributed by atoms with Crippen molar-refractivity contribution in [3.05, 3.63) is 0 Å². The van der Waals surface area contributed by atoms with Crippen molar-refractivity contribution >= 4 is 6.03 Å². The summed E-state index contributed by atoms with van der Waals surface area (Å²) in [4.78, 5) is 11.3. The van der Waals surface area contributed by atoms with Crippen molar-refractivity contribution in [3.63, 3.8) is 0 Å². The van der Waals surface area contributed by atoms with Crippen LogP contribution >= 0.6 is 0 Å². The molecule has 0 aromatic carbocycles. The molecule has 1 aliphatic rings. The highest BCUT2D eigenvalue weighted by Crippen LogP contribution is 2.20. The van der Waals surface area contributed by atoms with Gasteiger partial charge < -0.3 is 10.6 Å². The maximum Gasteiger partial charge on any atom is 0.315 e. The quantitative estimate of drug-likeness (QED) is 0.676. The summed E-state index contributed by atoms with van der Waals surface area (Å²) in [6.07, 6.45) is 2.27. The summed E-state index contributed by atoms with van der Waals surface area (Å²) in [5.74, 6) is 0. The highest BCUT2D eigenvalue weighted by atomic mass is 16.2. The van der Waals surface area contributed by atoms with E-state index in [0.717, 1.165) is 12.8 Å². The number of hydrogen-bond acceptors (Lipinski definition) is 1. The molecule has 0 bridgehead atoms. The van der Waals surface area contributed by atoms with Crippen molar-refractivity contribution in [2.75, 3.05) is 0 Å². The summed E-state index contributed by atoms with van der Waals surface area (Å²) in [6, 6.07) is 0.614. The van der Waals surface area contributed by atoms with Crippen molar-refractivity contribution < 1.29 is 4.79 Å². The van der Waals surface area contributed by atoms with Crippen LogP contribution in [0.1, 0.15) is 40.5 Å². The van der Waals surface area contributed by atoms with Crippen molar-refractivity contribution in [3.8, 4) is 0 Å². The standard InChI is InChI=1S/C10H20N2O/c1-7(10(2,3)4)11-9(13)12-8-5-6-8/h7-8H,5-6H2,1-4H3,(H2,11,12,13). The molecule has 0 aromatic rings. The van der Waals surface area contributed by atoms with Crippen molar-refractivity contribution in [1.29, 1.82) is 0 Å². The third kappa shape index (κ3) is 3.66. The predicted molar refractivity (Wildman–Crippen MR) is 53.6 cm³/mol. The van der Waals surface area contributed by atoms with Crippen LogP contribution in [0.4, 0.5) is 4.79 Å². The molecule has 0 aromatic heterocycles. The van der Waals surface area contributed by atoms with Crippen LogP contribution < -0.4 is 10.6 Å². The minimum Gasteiger partial charge on any atom is -0.335 e. The minimum atomic E-state index is -0.0232. The fourth-order valence-corrected chi connectivity index (χ4v) is 0.868. The van der Waals surface area contributed by atoms with Crippen LogP contribution in [0.3, 0.4) is 0 Å². The molecule has 13 heavy (non-hydrogen) atoms. The maximum atomic E-state index is 11.3. The van der Waals surface area contributed by atoms with E-state index >= 15 is 0 Å². The Morgan fingerprint density at radius 3 is 2.31 bits per heavy atom. The van der Waals surface area contributed by atoms with Gasteiger partial charge >= 0.3 is 6.03 Å². The Balaban J connectivity index is 2.25. The normalized spacial score (nSPS) is 19.4. The second kappa shape index (κ2) is 3.56. The zero-order valence-electron chi connectivity index (χ0n) is 8.98. The van der Waals surface area contributed by atoms with Gasteiger partial charge in [0, 0.05) is 12.1 Å². The van der Waals surface area contributed by atoms with Gasteiger partial charge in [0.25, 0.3) is 0 Å². The van der Waals surface area contributed by atoms with Crippen molar-refractivity contribution in [2.45, 2.75) is 52.6 Å². The lowest BCUT2D eigenvalue weighted by molar-refractivity contribution is 0.222. The molecule has 1 fully saturated rings. The SMILES string of the molecule is CC(NC(=O)NC1CC1)C(C)(C)C. The Morgan fingerprint density at radius 1 is 1.38 bits per heavy atom. The van der Waals surface area contributed by atoms with Gasteiger partial charge in [-0.2, -0.15) is 0 Å². The molecule has 1 aliphatic carbocycles. The predicted octanol–water partition coefficient (Wildman–Crippen LogP) is 1.88. The smallest absolute Gasteiger partial charge is 0.315 e. The highest BCUT2D eigenvalue weighted by molar-refractivity contribution is 5.74. The molecule has 3 nitrogen and oxygen atoms in total. The fraction of sp³-hybridized carbons (Fsp3) is 0.900. The van der Waals surface area contributed by atoms with E-state index in [0.29, 0.717) is 6.04 Å². The number of carbonyl (C=O) groups is 1. The number of amides is 2. The number of urea groups is 1. The molecular weight excluding hydrogens is 164 g/mol. The molecule has 2 N–H and O–H groups in total. The lowest BCUT2D eigenvalue weighted by atomic mass is 9.88. The zero-order valence-corrected chi connectivity index (χ0v) is 8.98. The summed E-state index contributed by atoms with van der Waals surface area (Å²) >= 11 is 0. The molecule has 0 spiro atoms. The summed E-state index contributed by atoms with van der Waals surface area (Å²) < 4.78 is 0. The summed E-state index contributed by atoms with van der Waals surface area (Å²) in [7, 11) is 0. The van der Waals surface area contributed by atoms with E-state index in [9.17, 15) is 4.79 Å². The summed E-state index contributed by atoms with van der Waals surface area (Å²) in [5.41, 5.74) is 0.126. The number of carbonyl (C=O) groups excluding carboxylic acids is 1. The van der Waals surface area contributed by atoms with Gasteiger partial charge in [0.1, 0.15) is 0 Å². The van der Waals surface area contributed by atoms with Crippen molar-refractivity contribution in [2.24, 2.45) is 5.41 Å². The van der Waals surface area contributed by atoms with E-state index in [2.05, 4.69) is 31.4 Å². The Labute approximate surface area is 80.3 Å². The average molecular weight is 184 g/mol. The van der Waals surface area contributed by atoms with Gasteiger partial charge in [0.15, 0.2) is 0 Å². The second-order valence-electron chi connectivity index (χ2n) is 4.98. The van der Waals surface area contributed by atoms with Crippen LogP contribution in [0.25, 0.3) is 0 Å². The van der Waals surface area contributed by atoms with E-state index in [1.54, 1.807) is 0 Å². The lowest BCUT2D eigenvalue weighted by Gasteiger charge is -2.28. The molecule has 2 amide bonds. The first-order valence-electron chi connectivity index (χ1n) is 4.96. The fourth-order valence-electron chi connectivity index (χ4n) is 0.868. The Bertz CT molecular complexity index is 192. The van der Waals surface area contributed by atoms with Crippen LogP contribution in [0.15, 0.2) is 0 Å². The second-order valence-corrected chi connectivity index (χ2v) is 4.98. The first kappa shape index (κ1) is 10.4. The first-order valence-corrected chi connectivity index (χ1v) is 4.96. The molecule has 0 saturated heterocycles. The maximum absolute atomic E-state index is 11.3. The van der Waals surface area contributed by atoms with Crippen LogP contribution in [0.2, 0.25) is 0 Å². The Kier molecular flexibility index (Phi) is 2.84. The molecular formula is C10H20N2O. The van der Waals surface area contributed by atoms with Crippen LogP contribution in [0.5, 0.6) is 0 Å². The first-order chi connectivity index (χ1) is 5.89. The van der Waals surface area contributed by atoms with E-state index in [1.807, 2.05) is 6.92 Å². The van der Waals surface area contributed by atoms with Crippen LogP contribution in [-0.2, 0) is 0 Å². The molecule has 1 saturated carbocycles. The lowest BCUT2D eigenvalue weighted by Crippen LogP contribution is -2.46. The van der Waals surface area contributed by atoms with Gasteiger partial charge in [0.2, 0.25) is 0 Å². The Morgan fingerprint density at radius 2 is 1.92 bits per heavy atom. The average Bonchev–Trinajstić information content (AvgIpc) is 2.68. The number of rotatable bonds is 2. The van der Waals surface area contributed by atoms with Gasteiger partial charge in [0.05, 0.1) is 0 Å².